The Morgan fingerprint density at radius 2 is 1.90 bits per heavy atom. The smallest absolute Gasteiger partial charge is 0.433 e. The molecule has 1 N–H and O–H groups in total. The van der Waals surface area contributed by atoms with Crippen molar-refractivity contribution in [2.24, 2.45) is 0 Å². The minimum atomic E-state index is -4.62. The van der Waals surface area contributed by atoms with Crippen LogP contribution in [0.4, 0.5) is 28.2 Å². The van der Waals surface area contributed by atoms with Gasteiger partial charge in [-0.1, -0.05) is 19.9 Å². The van der Waals surface area contributed by atoms with Crippen LogP contribution in [-0.4, -0.2) is 106 Å². The van der Waals surface area contributed by atoms with Crippen LogP contribution in [0.1, 0.15) is 43.9 Å². The normalized spacial score (nSPS) is 18.1. The van der Waals surface area contributed by atoms with Crippen molar-refractivity contribution >= 4 is 23.5 Å². The van der Waals surface area contributed by atoms with E-state index in [1.165, 1.54) is 26.6 Å². The lowest BCUT2D eigenvalue weighted by molar-refractivity contribution is -0.143. The Balaban J connectivity index is 1.28. The Labute approximate surface area is 229 Å². The molecule has 0 radical (unpaired) electrons. The highest BCUT2D eigenvalue weighted by Crippen LogP contribution is 2.32. The maximum absolute atomic E-state index is 14.9. The summed E-state index contributed by atoms with van der Waals surface area (Å²) in [5, 5.41) is 7.38. The van der Waals surface area contributed by atoms with Crippen molar-refractivity contribution in [2.75, 3.05) is 58.7 Å². The number of nitrogens with one attached hydrogen (secondary N) is 1. The summed E-state index contributed by atoms with van der Waals surface area (Å²) in [5.41, 5.74) is -2.04. The van der Waals surface area contributed by atoms with E-state index in [-0.39, 0.29) is 55.5 Å². The number of ether oxygens (including phenoxy) is 1. The predicted molar refractivity (Wildman–Crippen MR) is 140 cm³/mol. The second kappa shape index (κ2) is 11.6. The Hall–Kier alpha value is -3.42. The number of alkyl halides is 4. The Kier molecular flexibility index (Phi) is 8.57. The summed E-state index contributed by atoms with van der Waals surface area (Å²) in [6.07, 6.45) is 0.232. The average molecular weight is 570 g/mol. The van der Waals surface area contributed by atoms with Crippen LogP contribution in [0.3, 0.4) is 0 Å². The molecule has 0 aliphatic carbocycles. The summed E-state index contributed by atoms with van der Waals surface area (Å²) in [5.74, 6) is -0.182. The summed E-state index contributed by atoms with van der Waals surface area (Å²) >= 11 is 0. The first kappa shape index (κ1) is 29.6. The Morgan fingerprint density at radius 3 is 2.50 bits per heavy atom. The van der Waals surface area contributed by atoms with Crippen LogP contribution in [0.2, 0.25) is 0 Å². The van der Waals surface area contributed by atoms with E-state index in [4.69, 9.17) is 4.74 Å². The molecule has 10 nitrogen and oxygen atoms in total. The number of aromatic nitrogens is 3. The monoisotopic (exact) mass is 569 g/mol. The van der Waals surface area contributed by atoms with E-state index in [1.54, 1.807) is 6.08 Å². The zero-order chi connectivity index (χ0) is 29.2. The van der Waals surface area contributed by atoms with Crippen LogP contribution < -0.4 is 5.32 Å². The number of piperidine rings is 1. The third kappa shape index (κ3) is 6.83. The number of hydrogen-bond donors (Lipinski definition) is 1. The highest BCUT2D eigenvalue weighted by atomic mass is 19.4. The molecular formula is C26H35F4N7O3. The van der Waals surface area contributed by atoms with Gasteiger partial charge in [-0.05, 0) is 32.9 Å². The van der Waals surface area contributed by atoms with Gasteiger partial charge >= 0.3 is 12.3 Å². The lowest BCUT2D eigenvalue weighted by Crippen LogP contribution is -2.63. The fourth-order valence-electron chi connectivity index (χ4n) is 4.69. The largest absolute Gasteiger partial charge is 0.446 e. The van der Waals surface area contributed by atoms with Gasteiger partial charge in [0.15, 0.2) is 17.0 Å². The van der Waals surface area contributed by atoms with Gasteiger partial charge in [-0.25, -0.2) is 14.2 Å². The standard InChI is InChI=1S/C26H35F4N7O3/c1-17(2)19-13-31-37-21(12-20(26(28,29)30)33-23(19)37)32-18-7-10-35(11-8-18)24(39)40-16-25(27)14-36(15-25)22(38)6-5-9-34(3)4/h5-6,12-13,17-18,32H,7-11,14-16H2,1-4H3/b6-5+. The number of fused-ring (bicyclic) bond motifs is 1. The summed E-state index contributed by atoms with van der Waals surface area (Å²) in [4.78, 5) is 33.1. The quantitative estimate of drug-likeness (QED) is 0.384. The van der Waals surface area contributed by atoms with Crippen molar-refractivity contribution in [1.29, 1.82) is 0 Å². The molecule has 220 valence electrons. The molecule has 2 aromatic heterocycles. The highest BCUT2D eigenvalue weighted by molar-refractivity contribution is 5.88. The number of likely N-dealkylation sites (tertiary alicyclic amines) is 2. The molecule has 0 spiro atoms. The minimum absolute atomic E-state index is 0.0625. The van der Waals surface area contributed by atoms with Gasteiger partial charge in [0.25, 0.3) is 0 Å². The molecule has 2 fully saturated rings. The molecule has 2 aromatic rings. The van der Waals surface area contributed by atoms with Gasteiger partial charge in [0.1, 0.15) is 12.4 Å². The van der Waals surface area contributed by atoms with Crippen molar-refractivity contribution < 1.29 is 31.9 Å². The van der Waals surface area contributed by atoms with Crippen LogP contribution in [0.15, 0.2) is 24.4 Å². The number of anilines is 1. The van der Waals surface area contributed by atoms with E-state index in [0.717, 1.165) is 6.07 Å². The van der Waals surface area contributed by atoms with E-state index < -0.39 is 30.2 Å². The maximum atomic E-state index is 14.9. The first-order chi connectivity index (χ1) is 18.8. The Bertz CT molecular complexity index is 1250. The fraction of sp³-hybridized carbons (Fsp3) is 0.615. The van der Waals surface area contributed by atoms with Crippen molar-refractivity contribution in [2.45, 2.75) is 50.5 Å². The van der Waals surface area contributed by atoms with Crippen LogP contribution in [0.25, 0.3) is 5.65 Å². The van der Waals surface area contributed by atoms with Crippen molar-refractivity contribution in [1.82, 2.24) is 29.3 Å². The van der Waals surface area contributed by atoms with Crippen molar-refractivity contribution in [3.63, 3.8) is 0 Å². The number of carbonyl (C=O) groups is 2. The van der Waals surface area contributed by atoms with E-state index in [0.29, 0.717) is 24.9 Å². The Morgan fingerprint density at radius 1 is 1.23 bits per heavy atom. The number of carbonyl (C=O) groups excluding carboxylic acids is 2. The summed E-state index contributed by atoms with van der Waals surface area (Å²) in [7, 11) is 3.74. The molecule has 0 unspecified atom stereocenters. The first-order valence-corrected chi connectivity index (χ1v) is 13.2. The predicted octanol–water partition coefficient (Wildman–Crippen LogP) is 3.55. The van der Waals surface area contributed by atoms with E-state index in [1.807, 2.05) is 32.8 Å². The SMILES string of the molecule is CC(C)c1cnn2c(NC3CCN(C(=O)OCC4(F)CN(C(=O)/C=C/CN(C)C)C4)CC3)cc(C(F)(F)F)nc12. The number of nitrogens with zero attached hydrogens (tertiary/aromatic N) is 6. The average Bonchev–Trinajstić information content (AvgIpc) is 3.30. The van der Waals surface area contributed by atoms with E-state index >= 15 is 0 Å². The van der Waals surface area contributed by atoms with Crippen LogP contribution in [0, 0.1) is 0 Å². The summed E-state index contributed by atoms with van der Waals surface area (Å²) in [6.45, 7) is 4.12. The minimum Gasteiger partial charge on any atom is -0.446 e. The second-order valence-corrected chi connectivity index (χ2v) is 11.0. The van der Waals surface area contributed by atoms with Crippen LogP contribution in [0.5, 0.6) is 0 Å². The molecule has 2 aliphatic heterocycles. The molecule has 0 bridgehead atoms. The fourth-order valence-corrected chi connectivity index (χ4v) is 4.69. The summed E-state index contributed by atoms with van der Waals surface area (Å²) in [6, 6.07) is 0.720. The molecular weight excluding hydrogens is 534 g/mol. The van der Waals surface area contributed by atoms with Gasteiger partial charge in [0.05, 0.1) is 19.3 Å². The van der Waals surface area contributed by atoms with Gasteiger partial charge in [0.2, 0.25) is 5.91 Å². The molecule has 40 heavy (non-hydrogen) atoms. The molecule has 0 aromatic carbocycles. The van der Waals surface area contributed by atoms with Gasteiger partial charge in [-0.2, -0.15) is 22.8 Å². The maximum Gasteiger partial charge on any atom is 0.433 e. The molecule has 0 saturated carbocycles. The molecule has 0 atom stereocenters. The van der Waals surface area contributed by atoms with Gasteiger partial charge in [0, 0.05) is 43.4 Å². The number of likely N-dealkylation sites (N-methyl/N-ethyl adjacent to an activating group) is 1. The zero-order valence-corrected chi connectivity index (χ0v) is 23.0. The zero-order valence-electron chi connectivity index (χ0n) is 23.0. The van der Waals surface area contributed by atoms with E-state index in [9.17, 15) is 27.2 Å². The summed E-state index contributed by atoms with van der Waals surface area (Å²) < 4.78 is 62.1. The number of halogens is 4. The molecule has 14 heteroatoms. The van der Waals surface area contributed by atoms with Gasteiger partial charge in [-0.3, -0.25) is 4.79 Å². The third-order valence-corrected chi connectivity index (χ3v) is 6.96. The first-order valence-electron chi connectivity index (χ1n) is 13.2. The van der Waals surface area contributed by atoms with Crippen LogP contribution >= 0.6 is 0 Å². The number of amides is 2. The molecule has 2 amide bonds. The van der Waals surface area contributed by atoms with E-state index in [2.05, 4.69) is 15.4 Å². The van der Waals surface area contributed by atoms with Crippen molar-refractivity contribution in [3.05, 3.63) is 35.7 Å². The molecule has 2 aliphatic rings. The molecule has 2 saturated heterocycles. The lowest BCUT2D eigenvalue weighted by Gasteiger charge is -2.43. The highest BCUT2D eigenvalue weighted by Gasteiger charge is 2.46. The lowest BCUT2D eigenvalue weighted by atomic mass is 9.97. The van der Waals surface area contributed by atoms with Gasteiger partial charge < -0.3 is 24.8 Å². The molecule has 4 rings (SSSR count). The van der Waals surface area contributed by atoms with Gasteiger partial charge in [-0.15, -0.1) is 0 Å². The second-order valence-electron chi connectivity index (χ2n) is 11.0. The van der Waals surface area contributed by atoms with Crippen molar-refractivity contribution in [3.8, 4) is 0 Å². The molecule has 4 heterocycles. The topological polar surface area (TPSA) is 95.3 Å². The third-order valence-electron chi connectivity index (χ3n) is 6.96. The number of hydrogen-bond acceptors (Lipinski definition) is 7. The van der Waals surface area contributed by atoms with Crippen LogP contribution in [-0.2, 0) is 15.7 Å². The number of rotatable bonds is 8.